The highest BCUT2D eigenvalue weighted by molar-refractivity contribution is 6.15. The molecule has 3 heterocycles. The van der Waals surface area contributed by atoms with Crippen LogP contribution in [0.2, 0.25) is 0 Å². The lowest BCUT2D eigenvalue weighted by Gasteiger charge is -2.38. The Balaban J connectivity index is 1.29. The van der Waals surface area contributed by atoms with Gasteiger partial charge in [-0.25, -0.2) is 8.78 Å². The van der Waals surface area contributed by atoms with E-state index in [-0.39, 0.29) is 17.2 Å². The fourth-order valence-corrected chi connectivity index (χ4v) is 4.42. The van der Waals surface area contributed by atoms with E-state index < -0.39 is 18.3 Å². The van der Waals surface area contributed by atoms with E-state index in [9.17, 15) is 18.4 Å². The lowest BCUT2D eigenvalue weighted by molar-refractivity contribution is -0.0279. The molecule has 2 aliphatic rings. The minimum absolute atomic E-state index is 0.157. The van der Waals surface area contributed by atoms with Crippen LogP contribution in [0.1, 0.15) is 32.0 Å². The normalized spacial score (nSPS) is 16.1. The van der Waals surface area contributed by atoms with Crippen molar-refractivity contribution in [3.8, 4) is 6.07 Å². The van der Waals surface area contributed by atoms with E-state index in [1.54, 1.807) is 29.2 Å². The predicted octanol–water partition coefficient (Wildman–Crippen LogP) is 3.36. The van der Waals surface area contributed by atoms with Gasteiger partial charge in [0.2, 0.25) is 6.43 Å². The number of fused-ring (bicyclic) bond motifs is 1. The molecule has 35 heavy (non-hydrogen) atoms. The second kappa shape index (κ2) is 9.27. The highest BCUT2D eigenvalue weighted by atomic mass is 19.3. The lowest BCUT2D eigenvalue weighted by atomic mass is 10.00. The molecule has 1 N–H and O–H groups in total. The summed E-state index contributed by atoms with van der Waals surface area (Å²) in [5.74, 6) is -1.37. The van der Waals surface area contributed by atoms with Crippen molar-refractivity contribution in [1.29, 1.82) is 5.26 Å². The Morgan fingerprint density at radius 2 is 1.94 bits per heavy atom. The number of nitrogens with zero attached hydrogens (tertiary/aromatic N) is 5. The molecule has 1 saturated heterocycles. The molecule has 0 saturated carbocycles. The molecule has 0 radical (unpaired) electrons. The van der Waals surface area contributed by atoms with Crippen molar-refractivity contribution < 1.29 is 18.4 Å². The van der Waals surface area contributed by atoms with Crippen molar-refractivity contribution in [3.63, 3.8) is 0 Å². The first-order valence-electron chi connectivity index (χ1n) is 11.2. The Labute approximate surface area is 200 Å². The Kier molecular flexibility index (Phi) is 6.01. The maximum Gasteiger partial charge on any atom is 0.277 e. The van der Waals surface area contributed by atoms with Crippen molar-refractivity contribution in [2.45, 2.75) is 19.5 Å². The van der Waals surface area contributed by atoms with Crippen LogP contribution in [0.15, 0.2) is 54.7 Å². The summed E-state index contributed by atoms with van der Waals surface area (Å²) in [4.78, 5) is 29.8. The van der Waals surface area contributed by atoms with Gasteiger partial charge in [-0.1, -0.05) is 18.2 Å². The van der Waals surface area contributed by atoms with Crippen LogP contribution in [0.25, 0.3) is 0 Å². The van der Waals surface area contributed by atoms with Gasteiger partial charge in [-0.3, -0.25) is 19.2 Å². The van der Waals surface area contributed by atoms with Gasteiger partial charge in [-0.15, -0.1) is 0 Å². The van der Waals surface area contributed by atoms with Crippen LogP contribution in [0.5, 0.6) is 0 Å². The molecule has 2 amide bonds. The van der Waals surface area contributed by atoms with Crippen LogP contribution in [-0.4, -0.2) is 52.6 Å². The monoisotopic (exact) mass is 476 g/mol. The number of anilines is 2. The Hall–Kier alpha value is -4.10. The number of alkyl halides is 2. The second-order valence-corrected chi connectivity index (χ2v) is 8.69. The second-order valence-electron chi connectivity index (χ2n) is 8.69. The number of benzene rings is 2. The molecule has 1 fully saturated rings. The lowest BCUT2D eigenvalue weighted by Crippen LogP contribution is -2.49. The van der Waals surface area contributed by atoms with Gasteiger partial charge >= 0.3 is 0 Å². The number of nitriles is 1. The smallest absolute Gasteiger partial charge is 0.277 e. The van der Waals surface area contributed by atoms with Gasteiger partial charge in [0.1, 0.15) is 5.69 Å². The summed E-state index contributed by atoms with van der Waals surface area (Å²) >= 11 is 0. The summed E-state index contributed by atoms with van der Waals surface area (Å²) in [6.07, 6.45) is -0.898. The summed E-state index contributed by atoms with van der Waals surface area (Å²) < 4.78 is 26.9. The molecule has 5 rings (SSSR count). The van der Waals surface area contributed by atoms with Crippen molar-refractivity contribution in [3.05, 3.63) is 77.1 Å². The zero-order valence-corrected chi connectivity index (χ0v) is 18.7. The van der Waals surface area contributed by atoms with E-state index in [4.69, 9.17) is 5.26 Å². The molecule has 0 spiro atoms. The number of likely N-dealkylation sites (tertiary alicyclic amines) is 1. The molecule has 10 heteroatoms. The Morgan fingerprint density at radius 1 is 1.17 bits per heavy atom. The predicted molar refractivity (Wildman–Crippen MR) is 124 cm³/mol. The number of amides is 2. The molecular formula is C25H22F2N6O2. The maximum absolute atomic E-state index is 13.3. The number of aromatic nitrogens is 2. The van der Waals surface area contributed by atoms with E-state index in [0.717, 1.165) is 5.56 Å². The van der Waals surface area contributed by atoms with Gasteiger partial charge in [0.25, 0.3) is 11.8 Å². The van der Waals surface area contributed by atoms with Gasteiger partial charge < -0.3 is 10.2 Å². The van der Waals surface area contributed by atoms with Gasteiger partial charge in [-0.2, -0.15) is 10.4 Å². The highest BCUT2D eigenvalue weighted by Crippen LogP contribution is 2.27. The van der Waals surface area contributed by atoms with Gasteiger partial charge in [-0.05, 0) is 35.9 Å². The third kappa shape index (κ3) is 4.50. The molecule has 1 aromatic heterocycles. The number of hydrogen-bond acceptors (Lipinski definition) is 5. The largest absolute Gasteiger partial charge is 0.322 e. The van der Waals surface area contributed by atoms with Crippen LogP contribution in [0.3, 0.4) is 0 Å². The number of nitrogens with one attached hydrogen (secondary N) is 1. The van der Waals surface area contributed by atoms with Crippen molar-refractivity contribution in [2.24, 2.45) is 5.92 Å². The first-order valence-corrected chi connectivity index (χ1v) is 11.2. The molecule has 0 aliphatic carbocycles. The van der Waals surface area contributed by atoms with Gasteiger partial charge in [0, 0.05) is 43.5 Å². The molecule has 8 nitrogen and oxygen atoms in total. The average molecular weight is 476 g/mol. The first-order chi connectivity index (χ1) is 16.9. The number of halogens is 2. The summed E-state index contributed by atoms with van der Waals surface area (Å²) in [5, 5.41) is 16.0. The van der Waals surface area contributed by atoms with Crippen molar-refractivity contribution in [2.75, 3.05) is 29.9 Å². The first kappa shape index (κ1) is 22.7. The van der Waals surface area contributed by atoms with E-state index in [1.807, 2.05) is 35.2 Å². The Bertz CT molecular complexity index is 1310. The van der Waals surface area contributed by atoms with Crippen LogP contribution in [0.4, 0.5) is 20.2 Å². The topological polar surface area (TPSA) is 94.3 Å². The highest BCUT2D eigenvalue weighted by Gasteiger charge is 2.34. The zero-order chi connectivity index (χ0) is 24.5. The van der Waals surface area contributed by atoms with Crippen molar-refractivity contribution >= 4 is 23.2 Å². The van der Waals surface area contributed by atoms with E-state index in [1.165, 1.54) is 10.9 Å². The molecule has 0 bridgehead atoms. The third-order valence-electron chi connectivity index (χ3n) is 6.31. The maximum atomic E-state index is 13.3. The van der Waals surface area contributed by atoms with Crippen molar-refractivity contribution in [1.82, 2.24) is 14.7 Å². The summed E-state index contributed by atoms with van der Waals surface area (Å²) in [7, 11) is 0. The molecule has 2 aliphatic heterocycles. The van der Waals surface area contributed by atoms with Crippen LogP contribution in [0, 0.1) is 17.2 Å². The van der Waals surface area contributed by atoms with E-state index in [0.29, 0.717) is 49.7 Å². The van der Waals surface area contributed by atoms with Gasteiger partial charge in [0.05, 0.1) is 29.9 Å². The SMILES string of the molecule is N#Cc1cccc(NC(=O)c2cnn3c2C(=O)N(c2ccc(CN4CC(C(F)F)C4)cc2)CC3)c1. The van der Waals surface area contributed by atoms with Gasteiger partial charge in [0.15, 0.2) is 0 Å². The standard InChI is InChI=1S/C25H22F2N6O2/c26-23(27)18-14-31(15-18)13-16-4-6-20(7-5-16)32-8-9-33-22(25(32)35)21(12-29-33)24(34)30-19-3-1-2-17(10-19)11-28/h1-7,10,12,18,23H,8-9,13-15H2,(H,30,34). The molecule has 3 aromatic rings. The van der Waals surface area contributed by atoms with E-state index >= 15 is 0 Å². The quantitative estimate of drug-likeness (QED) is 0.589. The fraction of sp³-hybridized carbons (Fsp3) is 0.280. The minimum Gasteiger partial charge on any atom is -0.322 e. The van der Waals surface area contributed by atoms with E-state index in [2.05, 4.69) is 10.4 Å². The molecule has 2 aromatic carbocycles. The number of carbonyl (C=O) groups is 2. The summed E-state index contributed by atoms with van der Waals surface area (Å²) in [5.41, 5.74) is 2.89. The summed E-state index contributed by atoms with van der Waals surface area (Å²) in [6.45, 7) is 2.20. The third-order valence-corrected chi connectivity index (χ3v) is 6.31. The van der Waals surface area contributed by atoms with Crippen LogP contribution >= 0.6 is 0 Å². The Morgan fingerprint density at radius 3 is 2.66 bits per heavy atom. The molecular weight excluding hydrogens is 454 g/mol. The fourth-order valence-electron chi connectivity index (χ4n) is 4.42. The van der Waals surface area contributed by atoms with Crippen LogP contribution in [-0.2, 0) is 13.1 Å². The minimum atomic E-state index is -2.28. The summed E-state index contributed by atoms with van der Waals surface area (Å²) in [6, 6.07) is 16.0. The molecule has 0 unspecified atom stereocenters. The number of rotatable bonds is 6. The number of carbonyl (C=O) groups excluding carboxylic acids is 2. The zero-order valence-electron chi connectivity index (χ0n) is 18.7. The average Bonchev–Trinajstić information content (AvgIpc) is 3.27. The van der Waals surface area contributed by atoms with Crippen LogP contribution < -0.4 is 10.2 Å². The molecule has 178 valence electrons. The molecule has 0 atom stereocenters. The number of hydrogen-bond donors (Lipinski definition) is 1.